The minimum Gasteiger partial charge on any atom is -0.330 e. The van der Waals surface area contributed by atoms with Gasteiger partial charge in [-0.2, -0.15) is 0 Å². The quantitative estimate of drug-likeness (QED) is 0.438. The summed E-state index contributed by atoms with van der Waals surface area (Å²) in [6.45, 7) is 3.24. The zero-order valence-electron chi connectivity index (χ0n) is 18.5. The number of para-hydroxylation sites is 2. The second-order valence-electron chi connectivity index (χ2n) is 8.66. The van der Waals surface area contributed by atoms with Crippen molar-refractivity contribution in [1.29, 1.82) is 0 Å². The van der Waals surface area contributed by atoms with Gasteiger partial charge in [0.05, 0.1) is 29.3 Å². The van der Waals surface area contributed by atoms with E-state index in [9.17, 15) is 0 Å². The highest BCUT2D eigenvalue weighted by atomic mass is 15.2. The van der Waals surface area contributed by atoms with Gasteiger partial charge in [-0.1, -0.05) is 48.5 Å². The fraction of sp³-hybridized carbons (Fsp3) is 0.333. The molecule has 5 rings (SSSR count). The first-order chi connectivity index (χ1) is 15.8. The van der Waals surface area contributed by atoms with Gasteiger partial charge < -0.3 is 10.3 Å². The van der Waals surface area contributed by atoms with Gasteiger partial charge in [0.15, 0.2) is 0 Å². The van der Waals surface area contributed by atoms with Gasteiger partial charge in [-0.25, -0.2) is 4.98 Å². The number of aryl methyl sites for hydroxylation is 2. The van der Waals surface area contributed by atoms with Gasteiger partial charge in [-0.3, -0.25) is 9.88 Å². The Morgan fingerprint density at radius 1 is 0.969 bits per heavy atom. The minimum atomic E-state index is 0.294. The minimum absolute atomic E-state index is 0.294. The summed E-state index contributed by atoms with van der Waals surface area (Å²) < 4.78 is 2.36. The fourth-order valence-electron chi connectivity index (χ4n) is 4.96. The molecule has 164 valence electrons. The van der Waals surface area contributed by atoms with E-state index in [4.69, 9.17) is 15.7 Å². The van der Waals surface area contributed by atoms with E-state index in [2.05, 4.69) is 76.2 Å². The van der Waals surface area contributed by atoms with Gasteiger partial charge >= 0.3 is 0 Å². The van der Waals surface area contributed by atoms with Crippen molar-refractivity contribution in [3.8, 4) is 0 Å². The van der Waals surface area contributed by atoms with E-state index in [1.54, 1.807) is 0 Å². The zero-order chi connectivity index (χ0) is 21.8. The van der Waals surface area contributed by atoms with Crippen LogP contribution >= 0.6 is 0 Å². The Labute approximate surface area is 189 Å². The molecule has 1 unspecified atom stereocenters. The first kappa shape index (κ1) is 20.9. The van der Waals surface area contributed by atoms with Gasteiger partial charge in [0.1, 0.15) is 5.82 Å². The van der Waals surface area contributed by atoms with Crippen LogP contribution in [0.2, 0.25) is 0 Å². The summed E-state index contributed by atoms with van der Waals surface area (Å²) in [5, 5.41) is 0. The summed E-state index contributed by atoms with van der Waals surface area (Å²) in [6.07, 6.45) is 6.32. The van der Waals surface area contributed by atoms with Crippen LogP contribution in [-0.2, 0) is 26.1 Å². The van der Waals surface area contributed by atoms with Crippen LogP contribution in [0.4, 0.5) is 0 Å². The predicted octanol–water partition coefficient (Wildman–Crippen LogP) is 4.86. The molecule has 1 aliphatic carbocycles. The summed E-state index contributed by atoms with van der Waals surface area (Å²) in [5.74, 6) is 1.11. The number of aromatic nitrogens is 3. The third-order valence-electron chi connectivity index (χ3n) is 6.50. The van der Waals surface area contributed by atoms with Gasteiger partial charge in [0.25, 0.3) is 0 Å². The highest BCUT2D eigenvalue weighted by molar-refractivity contribution is 5.75. The van der Waals surface area contributed by atoms with Crippen LogP contribution in [0.3, 0.4) is 0 Å². The topological polar surface area (TPSA) is 60.0 Å². The third kappa shape index (κ3) is 4.31. The van der Waals surface area contributed by atoms with E-state index in [1.807, 2.05) is 6.20 Å². The summed E-state index contributed by atoms with van der Waals surface area (Å²) >= 11 is 0. The van der Waals surface area contributed by atoms with Crippen LogP contribution < -0.4 is 5.73 Å². The van der Waals surface area contributed by atoms with Gasteiger partial charge in [0.2, 0.25) is 0 Å². The molecule has 5 nitrogen and oxygen atoms in total. The Hall–Kier alpha value is -3.02. The first-order valence-corrected chi connectivity index (χ1v) is 11.7. The standard InChI is InChI=1S/C27H31N5/c28-16-8-18-32-24-14-5-4-13-23(24)30-26(32)20-31(19-21-9-2-1-3-10-21)25-15-6-11-22-12-7-17-29-27(22)25/h1-5,7,9-10,12-14,17,25H,6,8,11,15-16,18-20,28H2. The molecule has 0 bridgehead atoms. The number of hydrogen-bond donors (Lipinski definition) is 1. The second-order valence-corrected chi connectivity index (χ2v) is 8.66. The summed E-state index contributed by atoms with van der Waals surface area (Å²) in [6, 6.07) is 23.8. The lowest BCUT2D eigenvalue weighted by Gasteiger charge is -2.35. The molecule has 0 fully saturated rings. The van der Waals surface area contributed by atoms with E-state index >= 15 is 0 Å². The summed E-state index contributed by atoms with van der Waals surface area (Å²) in [5.41, 5.74) is 12.1. The third-order valence-corrected chi connectivity index (χ3v) is 6.50. The summed E-state index contributed by atoms with van der Waals surface area (Å²) in [7, 11) is 0. The molecule has 0 spiro atoms. The number of imidazole rings is 1. The van der Waals surface area contributed by atoms with Crippen molar-refractivity contribution >= 4 is 11.0 Å². The van der Waals surface area contributed by atoms with Gasteiger partial charge in [-0.05, 0) is 61.6 Å². The van der Waals surface area contributed by atoms with Gasteiger partial charge in [0, 0.05) is 19.3 Å². The number of fused-ring (bicyclic) bond motifs is 2. The normalized spacial score (nSPS) is 15.9. The Morgan fingerprint density at radius 2 is 1.81 bits per heavy atom. The van der Waals surface area contributed by atoms with Crippen molar-refractivity contribution in [2.24, 2.45) is 5.73 Å². The van der Waals surface area contributed by atoms with Gasteiger partial charge in [-0.15, -0.1) is 0 Å². The Bertz CT molecular complexity index is 1170. The maximum Gasteiger partial charge on any atom is 0.124 e. The maximum atomic E-state index is 5.86. The molecule has 0 radical (unpaired) electrons. The highest BCUT2D eigenvalue weighted by Crippen LogP contribution is 2.35. The van der Waals surface area contributed by atoms with E-state index in [0.717, 1.165) is 50.2 Å². The number of nitrogens with zero attached hydrogens (tertiary/aromatic N) is 4. The lowest BCUT2D eigenvalue weighted by molar-refractivity contribution is 0.151. The Kier molecular flexibility index (Phi) is 6.28. The van der Waals surface area contributed by atoms with Crippen LogP contribution in [0.5, 0.6) is 0 Å². The molecule has 5 heteroatoms. The largest absolute Gasteiger partial charge is 0.330 e. The Morgan fingerprint density at radius 3 is 2.69 bits per heavy atom. The van der Waals surface area contributed by atoms with Crippen molar-refractivity contribution in [3.63, 3.8) is 0 Å². The molecule has 1 aliphatic rings. The number of hydrogen-bond acceptors (Lipinski definition) is 4. The van der Waals surface area contributed by atoms with E-state index in [0.29, 0.717) is 12.6 Å². The molecule has 0 amide bonds. The molecule has 0 saturated heterocycles. The number of benzene rings is 2. The lowest BCUT2D eigenvalue weighted by atomic mass is 9.90. The monoisotopic (exact) mass is 425 g/mol. The SMILES string of the molecule is NCCCn1c(CN(Cc2ccccc2)C2CCCc3cccnc32)nc2ccccc21. The molecule has 0 saturated carbocycles. The molecule has 0 aliphatic heterocycles. The summed E-state index contributed by atoms with van der Waals surface area (Å²) in [4.78, 5) is 12.5. The molecular formula is C27H31N5. The van der Waals surface area contributed by atoms with Crippen LogP contribution in [0.25, 0.3) is 11.0 Å². The molecular weight excluding hydrogens is 394 g/mol. The first-order valence-electron chi connectivity index (χ1n) is 11.7. The average Bonchev–Trinajstić information content (AvgIpc) is 3.19. The van der Waals surface area contributed by atoms with Crippen LogP contribution in [0.15, 0.2) is 72.9 Å². The molecule has 2 aromatic heterocycles. The van der Waals surface area contributed by atoms with Crippen molar-refractivity contribution in [2.75, 3.05) is 6.54 Å². The molecule has 32 heavy (non-hydrogen) atoms. The van der Waals surface area contributed by atoms with Crippen LogP contribution in [-0.4, -0.2) is 26.0 Å². The molecule has 2 aromatic carbocycles. The van der Waals surface area contributed by atoms with Crippen LogP contribution in [0.1, 0.15) is 47.9 Å². The maximum absolute atomic E-state index is 5.86. The fourth-order valence-corrected chi connectivity index (χ4v) is 4.96. The van der Waals surface area contributed by atoms with E-state index in [1.165, 1.54) is 28.8 Å². The van der Waals surface area contributed by atoms with Crippen LogP contribution in [0, 0.1) is 0 Å². The number of nitrogens with two attached hydrogens (primary N) is 1. The molecule has 4 aromatic rings. The molecule has 2 N–H and O–H groups in total. The van der Waals surface area contributed by atoms with Crippen molar-refractivity contribution in [3.05, 3.63) is 95.6 Å². The highest BCUT2D eigenvalue weighted by Gasteiger charge is 2.28. The van der Waals surface area contributed by atoms with E-state index < -0.39 is 0 Å². The van der Waals surface area contributed by atoms with Crippen molar-refractivity contribution < 1.29 is 0 Å². The molecule has 1 atom stereocenters. The number of pyridine rings is 1. The second kappa shape index (κ2) is 9.63. The number of rotatable bonds is 8. The van der Waals surface area contributed by atoms with Crippen molar-refractivity contribution in [1.82, 2.24) is 19.4 Å². The zero-order valence-corrected chi connectivity index (χ0v) is 18.5. The lowest BCUT2D eigenvalue weighted by Crippen LogP contribution is -2.32. The van der Waals surface area contributed by atoms with Crippen molar-refractivity contribution in [2.45, 2.75) is 51.4 Å². The average molecular weight is 426 g/mol. The predicted molar refractivity (Wildman–Crippen MR) is 129 cm³/mol. The van der Waals surface area contributed by atoms with E-state index in [-0.39, 0.29) is 0 Å². The Balaban J connectivity index is 1.53. The smallest absolute Gasteiger partial charge is 0.124 e. The molecule has 2 heterocycles.